The number of hydrogen-bond donors (Lipinski definition) is 1. The lowest BCUT2D eigenvalue weighted by atomic mass is 9.82. The lowest BCUT2D eigenvalue weighted by Gasteiger charge is -2.54. The van der Waals surface area contributed by atoms with Crippen LogP contribution in [-0.2, 0) is 5.54 Å². The maximum atomic E-state index is 15.1. The first kappa shape index (κ1) is 24.1. The van der Waals surface area contributed by atoms with Gasteiger partial charge in [0.1, 0.15) is 17.9 Å². The molecule has 13 heteroatoms. The second-order valence-electron chi connectivity index (χ2n) is 9.81. The Bertz CT molecular complexity index is 1550. The van der Waals surface area contributed by atoms with Crippen LogP contribution in [0.4, 0.5) is 8.78 Å². The van der Waals surface area contributed by atoms with Crippen molar-refractivity contribution in [3.63, 3.8) is 0 Å². The molecule has 0 radical (unpaired) electrons. The molecular formula is C25H24F2N10O. The van der Waals surface area contributed by atoms with Crippen molar-refractivity contribution in [1.29, 1.82) is 5.26 Å². The zero-order valence-electron chi connectivity index (χ0n) is 20.6. The van der Waals surface area contributed by atoms with Crippen molar-refractivity contribution in [2.75, 3.05) is 26.2 Å². The number of halogens is 2. The van der Waals surface area contributed by atoms with Gasteiger partial charge < -0.3 is 4.90 Å². The van der Waals surface area contributed by atoms with E-state index in [4.69, 9.17) is 0 Å². The number of aromatic nitrogens is 7. The molecule has 2 aliphatic rings. The Morgan fingerprint density at radius 1 is 1.24 bits per heavy atom. The molecule has 38 heavy (non-hydrogen) atoms. The molecule has 1 N–H and O–H groups in total. The molecule has 2 fully saturated rings. The number of nitriles is 1. The number of fused-ring (bicyclic) bond motifs is 1. The Morgan fingerprint density at radius 3 is 2.79 bits per heavy atom. The third-order valence-corrected chi connectivity index (χ3v) is 7.66. The van der Waals surface area contributed by atoms with Gasteiger partial charge in [-0.3, -0.25) is 24.5 Å². The van der Waals surface area contributed by atoms with Gasteiger partial charge in [-0.05, 0) is 25.8 Å². The Labute approximate surface area is 216 Å². The first-order chi connectivity index (χ1) is 18.4. The number of nitrogens with zero attached hydrogens (tertiary/aromatic N) is 9. The van der Waals surface area contributed by atoms with E-state index in [1.165, 1.54) is 30.2 Å². The normalized spacial score (nSPS) is 18.7. The van der Waals surface area contributed by atoms with Crippen LogP contribution >= 0.6 is 0 Å². The monoisotopic (exact) mass is 518 g/mol. The number of alkyl halides is 1. The lowest BCUT2D eigenvalue weighted by Crippen LogP contribution is -2.70. The maximum absolute atomic E-state index is 15.1. The van der Waals surface area contributed by atoms with Gasteiger partial charge in [-0.15, -0.1) is 0 Å². The number of H-pyrrole nitrogens is 1. The van der Waals surface area contributed by atoms with E-state index in [-0.39, 0.29) is 23.2 Å². The van der Waals surface area contributed by atoms with Gasteiger partial charge in [-0.1, -0.05) is 0 Å². The van der Waals surface area contributed by atoms with E-state index < -0.39 is 17.5 Å². The predicted octanol–water partition coefficient (Wildman–Crippen LogP) is 2.24. The molecule has 0 spiro atoms. The highest BCUT2D eigenvalue weighted by molar-refractivity contribution is 5.94. The van der Waals surface area contributed by atoms with Crippen LogP contribution in [0.2, 0.25) is 0 Å². The van der Waals surface area contributed by atoms with Gasteiger partial charge in [0.25, 0.3) is 5.91 Å². The molecule has 11 nitrogen and oxygen atoms in total. The second-order valence-corrected chi connectivity index (χ2v) is 9.81. The first-order valence-electron chi connectivity index (χ1n) is 12.3. The molecular weight excluding hydrogens is 494 g/mol. The van der Waals surface area contributed by atoms with E-state index in [2.05, 4.69) is 35.1 Å². The minimum absolute atomic E-state index is 0.0269. The summed E-state index contributed by atoms with van der Waals surface area (Å²) >= 11 is 0. The van der Waals surface area contributed by atoms with Crippen LogP contribution in [0.5, 0.6) is 0 Å². The minimum atomic E-state index is -1.76. The SMILES string of the molecule is Cc1nccc(C(=O)N2CCC(N3CC(C(F)C#N)(n4cc(-c5ncnc6[nH]ncc56)cn4)C3)CC2)c1F. The summed E-state index contributed by atoms with van der Waals surface area (Å²) in [7, 11) is 0. The molecule has 0 bridgehead atoms. The van der Waals surface area contributed by atoms with E-state index in [1.807, 2.05) is 0 Å². The Morgan fingerprint density at radius 2 is 2.03 bits per heavy atom. The number of aryl methyl sites for hydroxylation is 1. The third kappa shape index (κ3) is 3.79. The standard InChI is InChI=1S/C25H24F2N10O/c1-15-21(27)18(2-5-29-15)24(38)35-6-3-17(4-7-35)36-12-25(13-36,20(26)8-28)37-11-16(9-33-37)22-19-10-32-34-23(19)31-14-30-22/h2,5,9-11,14,17,20H,3-4,6-7,12-13H2,1H3,(H,30,31,32,34). The van der Waals surface area contributed by atoms with Crippen LogP contribution in [0.15, 0.2) is 37.2 Å². The molecule has 4 aromatic rings. The smallest absolute Gasteiger partial charge is 0.256 e. The molecule has 4 aromatic heterocycles. The van der Waals surface area contributed by atoms with E-state index in [9.17, 15) is 14.4 Å². The maximum Gasteiger partial charge on any atom is 0.256 e. The van der Waals surface area contributed by atoms with Crippen molar-refractivity contribution in [1.82, 2.24) is 44.7 Å². The fourth-order valence-corrected chi connectivity index (χ4v) is 5.46. The topological polar surface area (TPSA) is 133 Å². The van der Waals surface area contributed by atoms with Gasteiger partial charge >= 0.3 is 0 Å². The number of hydrogen-bond acceptors (Lipinski definition) is 8. The van der Waals surface area contributed by atoms with Crippen molar-refractivity contribution < 1.29 is 13.6 Å². The van der Waals surface area contributed by atoms with E-state index >= 15 is 4.39 Å². The largest absolute Gasteiger partial charge is 0.338 e. The van der Waals surface area contributed by atoms with Crippen molar-refractivity contribution >= 4 is 16.9 Å². The summed E-state index contributed by atoms with van der Waals surface area (Å²) in [5.41, 5.74) is 0.967. The summed E-state index contributed by atoms with van der Waals surface area (Å²) in [4.78, 5) is 29.0. The van der Waals surface area contributed by atoms with Gasteiger partial charge in [0.15, 0.2) is 11.5 Å². The van der Waals surface area contributed by atoms with Crippen LogP contribution in [0.25, 0.3) is 22.3 Å². The molecule has 0 aromatic carbocycles. The Balaban J connectivity index is 1.15. The number of likely N-dealkylation sites (tertiary alicyclic amines) is 2. The third-order valence-electron chi connectivity index (χ3n) is 7.66. The van der Waals surface area contributed by atoms with Gasteiger partial charge in [-0.2, -0.15) is 15.5 Å². The van der Waals surface area contributed by atoms with Crippen LogP contribution in [0.3, 0.4) is 0 Å². The Hall–Kier alpha value is -4.31. The Kier molecular flexibility index (Phi) is 5.83. The molecule has 1 amide bonds. The molecule has 1 atom stereocenters. The van der Waals surface area contributed by atoms with Crippen LogP contribution in [0, 0.1) is 24.1 Å². The highest BCUT2D eigenvalue weighted by atomic mass is 19.1. The zero-order valence-corrected chi connectivity index (χ0v) is 20.6. The van der Waals surface area contributed by atoms with Gasteiger partial charge in [0, 0.05) is 50.2 Å². The molecule has 1 unspecified atom stereocenters. The van der Waals surface area contributed by atoms with E-state index in [1.54, 1.807) is 29.6 Å². The summed E-state index contributed by atoms with van der Waals surface area (Å²) in [6, 6.07) is 3.29. The average molecular weight is 519 g/mol. The molecule has 6 rings (SSSR count). The second kappa shape index (κ2) is 9.21. The van der Waals surface area contributed by atoms with Crippen molar-refractivity contribution in [3.05, 3.63) is 54.3 Å². The first-order valence-corrected chi connectivity index (χ1v) is 12.3. The summed E-state index contributed by atoms with van der Waals surface area (Å²) in [5.74, 6) is -0.940. The van der Waals surface area contributed by atoms with Crippen LogP contribution < -0.4 is 0 Å². The number of carbonyl (C=O) groups excluding carboxylic acids is 1. The van der Waals surface area contributed by atoms with Crippen molar-refractivity contribution in [2.24, 2.45) is 0 Å². The van der Waals surface area contributed by atoms with Gasteiger partial charge in [0.2, 0.25) is 6.17 Å². The highest BCUT2D eigenvalue weighted by Gasteiger charge is 2.54. The van der Waals surface area contributed by atoms with E-state index in [0.717, 1.165) is 5.39 Å². The molecule has 194 valence electrons. The molecule has 2 aliphatic heterocycles. The summed E-state index contributed by atoms with van der Waals surface area (Å²) in [6.45, 7) is 3.08. The quantitative estimate of drug-likeness (QED) is 0.425. The van der Waals surface area contributed by atoms with Crippen LogP contribution in [-0.4, -0.2) is 89.0 Å². The van der Waals surface area contributed by atoms with Crippen LogP contribution in [0.1, 0.15) is 28.9 Å². The van der Waals surface area contributed by atoms with Crippen molar-refractivity contribution in [2.45, 2.75) is 37.5 Å². The summed E-state index contributed by atoms with van der Waals surface area (Å²) in [5, 5.41) is 21.4. The number of nitrogens with one attached hydrogen (secondary N) is 1. The number of carbonyl (C=O) groups is 1. The van der Waals surface area contributed by atoms with Crippen molar-refractivity contribution in [3.8, 4) is 17.3 Å². The number of rotatable bonds is 5. The lowest BCUT2D eigenvalue weighted by molar-refractivity contribution is -0.0720. The number of aromatic amines is 1. The fourth-order valence-electron chi connectivity index (χ4n) is 5.46. The fraction of sp³-hybridized carbons (Fsp3) is 0.400. The molecule has 0 saturated carbocycles. The molecule has 6 heterocycles. The number of amides is 1. The van der Waals surface area contributed by atoms with Gasteiger partial charge in [0.05, 0.1) is 34.7 Å². The van der Waals surface area contributed by atoms with Gasteiger partial charge in [-0.25, -0.2) is 18.7 Å². The molecule has 0 aliphatic carbocycles. The minimum Gasteiger partial charge on any atom is -0.338 e. The summed E-state index contributed by atoms with van der Waals surface area (Å²) < 4.78 is 31.1. The summed E-state index contributed by atoms with van der Waals surface area (Å²) in [6.07, 6.45) is 7.37. The van der Waals surface area contributed by atoms with E-state index in [0.29, 0.717) is 55.9 Å². The number of piperidine rings is 1. The highest BCUT2D eigenvalue weighted by Crippen LogP contribution is 2.38. The predicted molar refractivity (Wildman–Crippen MR) is 131 cm³/mol. The zero-order chi connectivity index (χ0) is 26.4. The molecule has 2 saturated heterocycles. The average Bonchev–Trinajstić information content (AvgIpc) is 3.60. The number of pyridine rings is 1.